The molecule has 0 amide bonds. The van der Waals surface area contributed by atoms with E-state index < -0.39 is 6.10 Å². The van der Waals surface area contributed by atoms with Gasteiger partial charge in [-0.3, -0.25) is 0 Å². The lowest BCUT2D eigenvalue weighted by Crippen LogP contribution is -1.98. The molecule has 3 N–H and O–H groups in total. The Kier molecular flexibility index (Phi) is 2.63. The monoisotopic (exact) mass is 151 g/mol. The van der Waals surface area contributed by atoms with E-state index in [1.165, 1.54) is 0 Å². The van der Waals surface area contributed by atoms with E-state index >= 15 is 0 Å². The second kappa shape index (κ2) is 3.51. The average molecular weight is 151 g/mol. The van der Waals surface area contributed by atoms with Crippen molar-refractivity contribution in [3.05, 3.63) is 35.4 Å². The zero-order valence-electron chi connectivity index (χ0n) is 6.62. The van der Waals surface area contributed by atoms with Crippen molar-refractivity contribution < 1.29 is 5.11 Å². The third kappa shape index (κ3) is 2.03. The first-order valence-corrected chi connectivity index (χ1v) is 3.71. The molecule has 0 radical (unpaired) electrons. The molecule has 0 saturated carbocycles. The predicted octanol–water partition coefficient (Wildman–Crippen LogP) is 1.20. The largest absolute Gasteiger partial charge is 0.389 e. The van der Waals surface area contributed by atoms with Crippen LogP contribution < -0.4 is 5.73 Å². The van der Waals surface area contributed by atoms with Crippen LogP contribution in [0.3, 0.4) is 0 Å². The number of rotatable bonds is 2. The minimum absolute atomic E-state index is 0.401. The van der Waals surface area contributed by atoms with Crippen LogP contribution in [0, 0.1) is 0 Å². The van der Waals surface area contributed by atoms with E-state index in [1.54, 1.807) is 6.92 Å². The van der Waals surface area contributed by atoms with Gasteiger partial charge in [-0.1, -0.05) is 24.3 Å². The van der Waals surface area contributed by atoms with Gasteiger partial charge < -0.3 is 10.8 Å². The van der Waals surface area contributed by atoms with Crippen LogP contribution in [0.15, 0.2) is 24.3 Å². The number of hydrogen-bond donors (Lipinski definition) is 2. The summed E-state index contributed by atoms with van der Waals surface area (Å²) in [6.45, 7) is 2.27. The molecule has 2 heteroatoms. The maximum atomic E-state index is 9.20. The molecule has 0 heterocycles. The predicted molar refractivity (Wildman–Crippen MR) is 45.0 cm³/mol. The molecule has 0 aliphatic carbocycles. The Morgan fingerprint density at radius 1 is 1.55 bits per heavy atom. The highest BCUT2D eigenvalue weighted by Gasteiger charge is 1.99. The Labute approximate surface area is 66.7 Å². The van der Waals surface area contributed by atoms with E-state index in [2.05, 4.69) is 0 Å². The van der Waals surface area contributed by atoms with Gasteiger partial charge in [-0.05, 0) is 18.1 Å². The first kappa shape index (κ1) is 8.24. The lowest BCUT2D eigenvalue weighted by molar-refractivity contribution is 0.199. The molecule has 0 saturated heterocycles. The summed E-state index contributed by atoms with van der Waals surface area (Å²) in [5.74, 6) is 0. The lowest BCUT2D eigenvalue weighted by Gasteiger charge is -2.05. The highest BCUT2D eigenvalue weighted by atomic mass is 16.3. The fourth-order valence-electron chi connectivity index (χ4n) is 0.980. The second-order valence-electron chi connectivity index (χ2n) is 2.63. The van der Waals surface area contributed by atoms with Gasteiger partial charge in [0.05, 0.1) is 6.10 Å². The van der Waals surface area contributed by atoms with Gasteiger partial charge in [-0.15, -0.1) is 0 Å². The third-order valence-electron chi connectivity index (χ3n) is 1.67. The van der Waals surface area contributed by atoms with Crippen molar-refractivity contribution >= 4 is 0 Å². The maximum Gasteiger partial charge on any atom is 0.0762 e. The molecule has 0 fully saturated rings. The van der Waals surface area contributed by atoms with Gasteiger partial charge in [0.1, 0.15) is 0 Å². The number of hydrogen-bond acceptors (Lipinski definition) is 2. The lowest BCUT2D eigenvalue weighted by atomic mass is 10.1. The Hall–Kier alpha value is -0.860. The molecule has 0 spiro atoms. The van der Waals surface area contributed by atoms with Gasteiger partial charge in [0, 0.05) is 6.54 Å². The van der Waals surface area contributed by atoms with Crippen LogP contribution in [0.1, 0.15) is 24.2 Å². The molecule has 2 nitrogen and oxygen atoms in total. The molecule has 1 aromatic rings. The van der Waals surface area contributed by atoms with E-state index in [-0.39, 0.29) is 0 Å². The number of aliphatic hydroxyl groups is 1. The van der Waals surface area contributed by atoms with E-state index in [0.29, 0.717) is 6.54 Å². The van der Waals surface area contributed by atoms with Crippen LogP contribution in [0.25, 0.3) is 0 Å². The summed E-state index contributed by atoms with van der Waals surface area (Å²) in [5, 5.41) is 9.20. The third-order valence-corrected chi connectivity index (χ3v) is 1.67. The molecule has 0 aromatic heterocycles. The van der Waals surface area contributed by atoms with Crippen LogP contribution in [-0.2, 0) is 6.54 Å². The van der Waals surface area contributed by atoms with E-state index in [1.807, 2.05) is 24.3 Å². The van der Waals surface area contributed by atoms with Gasteiger partial charge in [-0.25, -0.2) is 0 Å². The van der Waals surface area contributed by atoms with Crippen molar-refractivity contribution in [1.29, 1.82) is 0 Å². The zero-order valence-corrected chi connectivity index (χ0v) is 6.62. The first-order chi connectivity index (χ1) is 5.24. The standard InChI is InChI=1S/C9H13NO/c1-7(11)9-4-2-3-8(5-9)6-10/h2-5,7,11H,6,10H2,1H3/t7-/m1/s1. The van der Waals surface area contributed by atoms with Crippen molar-refractivity contribution in [2.24, 2.45) is 5.73 Å². The summed E-state index contributed by atoms with van der Waals surface area (Å²) >= 11 is 0. The van der Waals surface area contributed by atoms with Gasteiger partial charge >= 0.3 is 0 Å². The Bertz CT molecular complexity index is 233. The summed E-state index contributed by atoms with van der Waals surface area (Å²) in [6, 6.07) is 7.67. The normalized spacial score (nSPS) is 13.0. The molecule has 0 aliphatic heterocycles. The minimum Gasteiger partial charge on any atom is -0.389 e. The van der Waals surface area contributed by atoms with Gasteiger partial charge in [0.15, 0.2) is 0 Å². The van der Waals surface area contributed by atoms with Crippen LogP contribution in [-0.4, -0.2) is 5.11 Å². The molecule has 0 aliphatic rings. The molecule has 11 heavy (non-hydrogen) atoms. The maximum absolute atomic E-state index is 9.20. The van der Waals surface area contributed by atoms with Crippen LogP contribution in [0.4, 0.5) is 0 Å². The Morgan fingerprint density at radius 2 is 2.27 bits per heavy atom. The number of benzene rings is 1. The molecular weight excluding hydrogens is 138 g/mol. The molecular formula is C9H13NO. The summed E-state index contributed by atoms with van der Waals surface area (Å²) in [4.78, 5) is 0. The summed E-state index contributed by atoms with van der Waals surface area (Å²) in [5.41, 5.74) is 7.42. The highest BCUT2D eigenvalue weighted by Crippen LogP contribution is 2.12. The zero-order chi connectivity index (χ0) is 8.27. The second-order valence-corrected chi connectivity index (χ2v) is 2.63. The molecule has 1 aromatic carbocycles. The molecule has 0 unspecified atom stereocenters. The van der Waals surface area contributed by atoms with Crippen molar-refractivity contribution in [3.8, 4) is 0 Å². The molecule has 0 bridgehead atoms. The minimum atomic E-state index is -0.401. The quantitative estimate of drug-likeness (QED) is 0.667. The number of nitrogens with two attached hydrogens (primary N) is 1. The van der Waals surface area contributed by atoms with Crippen molar-refractivity contribution in [2.75, 3.05) is 0 Å². The first-order valence-electron chi connectivity index (χ1n) is 3.71. The Balaban J connectivity index is 2.91. The topological polar surface area (TPSA) is 46.2 Å². The fourth-order valence-corrected chi connectivity index (χ4v) is 0.980. The average Bonchev–Trinajstić information content (AvgIpc) is 2.05. The molecule has 1 rings (SSSR count). The van der Waals surface area contributed by atoms with Crippen molar-refractivity contribution in [1.82, 2.24) is 0 Å². The summed E-state index contributed by atoms with van der Waals surface area (Å²) in [6.07, 6.45) is -0.401. The van der Waals surface area contributed by atoms with Crippen molar-refractivity contribution in [3.63, 3.8) is 0 Å². The number of aliphatic hydroxyl groups excluding tert-OH is 1. The highest BCUT2D eigenvalue weighted by molar-refractivity contribution is 5.24. The summed E-state index contributed by atoms with van der Waals surface area (Å²) < 4.78 is 0. The smallest absolute Gasteiger partial charge is 0.0762 e. The van der Waals surface area contributed by atoms with Gasteiger partial charge in [0.2, 0.25) is 0 Å². The SMILES string of the molecule is C[C@@H](O)c1cccc(CN)c1. The van der Waals surface area contributed by atoms with E-state index in [9.17, 15) is 5.11 Å². The Morgan fingerprint density at radius 3 is 2.82 bits per heavy atom. The van der Waals surface area contributed by atoms with E-state index in [0.717, 1.165) is 11.1 Å². The molecule has 60 valence electrons. The van der Waals surface area contributed by atoms with Crippen LogP contribution >= 0.6 is 0 Å². The van der Waals surface area contributed by atoms with Crippen molar-refractivity contribution in [2.45, 2.75) is 19.6 Å². The van der Waals surface area contributed by atoms with E-state index in [4.69, 9.17) is 5.73 Å². The van der Waals surface area contributed by atoms with Crippen LogP contribution in [0.2, 0.25) is 0 Å². The molecule has 1 atom stereocenters. The van der Waals surface area contributed by atoms with Gasteiger partial charge in [0.25, 0.3) is 0 Å². The van der Waals surface area contributed by atoms with Gasteiger partial charge in [-0.2, -0.15) is 0 Å². The summed E-state index contributed by atoms with van der Waals surface area (Å²) in [7, 11) is 0. The van der Waals surface area contributed by atoms with Crippen LogP contribution in [0.5, 0.6) is 0 Å². The fraction of sp³-hybridized carbons (Fsp3) is 0.333.